The molecule has 0 aliphatic rings. The summed E-state index contributed by atoms with van der Waals surface area (Å²) in [4.78, 5) is 11.1. The number of carbonyl (C=O) groups excluding carboxylic acids is 1. The van der Waals surface area contributed by atoms with E-state index in [4.69, 9.17) is 11.6 Å². The minimum absolute atomic E-state index is 0.245. The van der Waals surface area contributed by atoms with E-state index in [0.717, 1.165) is 16.5 Å². The molecule has 0 fully saturated rings. The molecule has 0 atom stereocenters. The zero-order chi connectivity index (χ0) is 13.0. The third kappa shape index (κ3) is 2.60. The summed E-state index contributed by atoms with van der Waals surface area (Å²) in [5.74, 6) is -0.676. The quantitative estimate of drug-likeness (QED) is 0.526. The summed E-state index contributed by atoms with van der Waals surface area (Å²) in [7, 11) is 1.25. The summed E-state index contributed by atoms with van der Waals surface area (Å²) in [6.07, 6.45) is 0. The Balaban J connectivity index is 2.30. The molecule has 0 saturated heterocycles. The number of hydrogen-bond acceptors (Lipinski definition) is 4. The summed E-state index contributed by atoms with van der Waals surface area (Å²) in [6.45, 7) is 0. The number of benzene rings is 2. The van der Waals surface area contributed by atoms with Gasteiger partial charge in [0.05, 0.1) is 12.8 Å². The topological polar surface area (TPSA) is 50.7 Å². The molecule has 4 nitrogen and oxygen atoms in total. The highest BCUT2D eigenvalue weighted by Crippen LogP contribution is 2.22. The lowest BCUT2D eigenvalue weighted by atomic mass is 10.1. The monoisotopic (exact) mass is 262 g/mol. The standard InChI is InChI=1S/C13H11ClN2O2/c1-18-13(17)12(14)16-15-11-8-4-6-9-5-2-3-7-10(9)11/h2-8,15H,1H3. The van der Waals surface area contributed by atoms with Gasteiger partial charge in [0.2, 0.25) is 5.17 Å². The molecule has 0 heterocycles. The van der Waals surface area contributed by atoms with E-state index in [2.05, 4.69) is 15.3 Å². The van der Waals surface area contributed by atoms with Crippen LogP contribution in [-0.4, -0.2) is 18.2 Å². The lowest BCUT2D eigenvalue weighted by Gasteiger charge is -2.05. The molecule has 0 bridgehead atoms. The molecule has 2 aromatic carbocycles. The molecule has 2 aromatic rings. The molecule has 0 aliphatic carbocycles. The number of hydrazone groups is 1. The van der Waals surface area contributed by atoms with Crippen molar-refractivity contribution in [3.8, 4) is 0 Å². The van der Waals surface area contributed by atoms with Crippen LogP contribution in [0.3, 0.4) is 0 Å². The summed E-state index contributed by atoms with van der Waals surface area (Å²) in [6, 6.07) is 13.6. The van der Waals surface area contributed by atoms with E-state index in [1.807, 2.05) is 42.5 Å². The number of ether oxygens (including phenoxy) is 1. The number of halogens is 1. The second-order valence-electron chi connectivity index (χ2n) is 3.53. The van der Waals surface area contributed by atoms with Crippen molar-refractivity contribution >= 4 is 39.2 Å². The van der Waals surface area contributed by atoms with Crippen LogP contribution in [0.5, 0.6) is 0 Å². The molecule has 18 heavy (non-hydrogen) atoms. The van der Waals surface area contributed by atoms with Gasteiger partial charge < -0.3 is 4.74 Å². The minimum atomic E-state index is -0.676. The SMILES string of the molecule is COC(=O)C(Cl)=NNc1cccc2ccccc12. The van der Waals surface area contributed by atoms with Crippen molar-refractivity contribution in [3.05, 3.63) is 42.5 Å². The van der Waals surface area contributed by atoms with Crippen molar-refractivity contribution < 1.29 is 9.53 Å². The number of rotatable bonds is 3. The van der Waals surface area contributed by atoms with Crippen LogP contribution in [-0.2, 0) is 9.53 Å². The zero-order valence-corrected chi connectivity index (χ0v) is 10.4. The van der Waals surface area contributed by atoms with Gasteiger partial charge in [-0.25, -0.2) is 4.79 Å². The van der Waals surface area contributed by atoms with E-state index in [9.17, 15) is 4.79 Å². The first kappa shape index (κ1) is 12.4. The summed E-state index contributed by atoms with van der Waals surface area (Å²) in [5, 5.41) is 5.60. The van der Waals surface area contributed by atoms with E-state index in [0.29, 0.717) is 0 Å². The van der Waals surface area contributed by atoms with Gasteiger partial charge >= 0.3 is 5.97 Å². The van der Waals surface area contributed by atoms with Gasteiger partial charge in [-0.15, -0.1) is 0 Å². The number of nitrogens with one attached hydrogen (secondary N) is 1. The van der Waals surface area contributed by atoms with Gasteiger partial charge in [0.15, 0.2) is 0 Å². The van der Waals surface area contributed by atoms with Gasteiger partial charge in [-0.05, 0) is 11.5 Å². The molecule has 0 unspecified atom stereocenters. The normalized spacial score (nSPS) is 11.3. The highest BCUT2D eigenvalue weighted by molar-refractivity contribution is 6.82. The van der Waals surface area contributed by atoms with E-state index >= 15 is 0 Å². The highest BCUT2D eigenvalue weighted by Gasteiger charge is 2.07. The van der Waals surface area contributed by atoms with Gasteiger partial charge in [0.25, 0.3) is 0 Å². The highest BCUT2D eigenvalue weighted by atomic mass is 35.5. The lowest BCUT2D eigenvalue weighted by molar-refractivity contribution is -0.132. The van der Waals surface area contributed by atoms with Gasteiger partial charge in [-0.3, -0.25) is 5.43 Å². The molecule has 2 rings (SSSR count). The van der Waals surface area contributed by atoms with Crippen LogP contribution >= 0.6 is 11.6 Å². The molecule has 0 amide bonds. The molecule has 0 radical (unpaired) electrons. The molecule has 0 aliphatic heterocycles. The van der Waals surface area contributed by atoms with Crippen molar-refractivity contribution in [2.24, 2.45) is 5.10 Å². The Morgan fingerprint density at radius 2 is 1.94 bits per heavy atom. The van der Waals surface area contributed by atoms with Crippen LogP contribution < -0.4 is 5.43 Å². The first-order valence-corrected chi connectivity index (χ1v) is 5.65. The van der Waals surface area contributed by atoms with Crippen LogP contribution in [0, 0.1) is 0 Å². The second kappa shape index (κ2) is 5.51. The van der Waals surface area contributed by atoms with Gasteiger partial charge in [0.1, 0.15) is 0 Å². The summed E-state index contributed by atoms with van der Waals surface area (Å²) in [5.41, 5.74) is 3.53. The maximum absolute atomic E-state index is 11.1. The van der Waals surface area contributed by atoms with E-state index in [1.165, 1.54) is 7.11 Å². The molecule has 1 N–H and O–H groups in total. The molecule has 5 heteroatoms. The van der Waals surface area contributed by atoms with Gasteiger partial charge in [0, 0.05) is 5.39 Å². The molecular weight excluding hydrogens is 252 g/mol. The van der Waals surface area contributed by atoms with E-state index < -0.39 is 5.97 Å². The number of nitrogens with zero attached hydrogens (tertiary/aromatic N) is 1. The maximum atomic E-state index is 11.1. The lowest BCUT2D eigenvalue weighted by Crippen LogP contribution is -2.11. The van der Waals surface area contributed by atoms with Crippen molar-refractivity contribution in [2.75, 3.05) is 12.5 Å². The van der Waals surface area contributed by atoms with E-state index in [-0.39, 0.29) is 5.17 Å². The number of anilines is 1. The fourth-order valence-corrected chi connectivity index (χ4v) is 1.68. The van der Waals surface area contributed by atoms with Crippen LogP contribution in [0.4, 0.5) is 5.69 Å². The van der Waals surface area contributed by atoms with Crippen LogP contribution in [0.1, 0.15) is 0 Å². The predicted molar refractivity (Wildman–Crippen MR) is 72.9 cm³/mol. The average Bonchev–Trinajstić information content (AvgIpc) is 2.43. The molecule has 92 valence electrons. The van der Waals surface area contributed by atoms with Crippen molar-refractivity contribution in [1.82, 2.24) is 0 Å². The Morgan fingerprint density at radius 3 is 2.72 bits per heavy atom. The van der Waals surface area contributed by atoms with Gasteiger partial charge in [-0.1, -0.05) is 48.0 Å². The first-order chi connectivity index (χ1) is 8.72. The van der Waals surface area contributed by atoms with Crippen molar-refractivity contribution in [2.45, 2.75) is 0 Å². The largest absolute Gasteiger partial charge is 0.464 e. The number of esters is 1. The third-order valence-corrected chi connectivity index (χ3v) is 2.66. The Morgan fingerprint density at radius 1 is 1.22 bits per heavy atom. The third-order valence-electron chi connectivity index (χ3n) is 2.42. The van der Waals surface area contributed by atoms with Crippen LogP contribution in [0.15, 0.2) is 47.6 Å². The Hall–Kier alpha value is -2.07. The average molecular weight is 263 g/mol. The number of fused-ring (bicyclic) bond motifs is 1. The first-order valence-electron chi connectivity index (χ1n) is 5.27. The predicted octanol–water partition coefficient (Wildman–Crippen LogP) is 2.98. The number of methoxy groups -OCH3 is 1. The molecule has 0 saturated carbocycles. The Bertz CT molecular complexity index is 605. The molecule has 0 spiro atoms. The Kier molecular flexibility index (Phi) is 3.79. The number of hydrogen-bond donors (Lipinski definition) is 1. The van der Waals surface area contributed by atoms with Crippen LogP contribution in [0.2, 0.25) is 0 Å². The van der Waals surface area contributed by atoms with Crippen LogP contribution in [0.25, 0.3) is 10.8 Å². The number of carbonyl (C=O) groups is 1. The van der Waals surface area contributed by atoms with Crippen molar-refractivity contribution in [1.29, 1.82) is 0 Å². The fraction of sp³-hybridized carbons (Fsp3) is 0.0769. The maximum Gasteiger partial charge on any atom is 0.370 e. The second-order valence-corrected chi connectivity index (χ2v) is 3.89. The molecule has 0 aromatic heterocycles. The van der Waals surface area contributed by atoms with Gasteiger partial charge in [-0.2, -0.15) is 5.10 Å². The fourth-order valence-electron chi connectivity index (χ4n) is 1.56. The van der Waals surface area contributed by atoms with Crippen molar-refractivity contribution in [3.63, 3.8) is 0 Å². The minimum Gasteiger partial charge on any atom is -0.464 e. The summed E-state index contributed by atoms with van der Waals surface area (Å²) < 4.78 is 4.45. The van der Waals surface area contributed by atoms with E-state index in [1.54, 1.807) is 0 Å². The molecular formula is C13H11ClN2O2. The zero-order valence-electron chi connectivity index (χ0n) is 9.68. The smallest absolute Gasteiger partial charge is 0.370 e. The summed E-state index contributed by atoms with van der Waals surface area (Å²) >= 11 is 5.65. The Labute approximate surface area is 109 Å².